The second-order valence-corrected chi connectivity index (χ2v) is 7.60. The lowest BCUT2D eigenvalue weighted by molar-refractivity contribution is 0.573. The predicted molar refractivity (Wildman–Crippen MR) is 90.7 cm³/mol. The minimum Gasteiger partial charge on any atom is -0.211 e. The van der Waals surface area contributed by atoms with Crippen molar-refractivity contribution in [3.05, 3.63) is 64.7 Å². The zero-order chi connectivity index (χ0) is 16.3. The van der Waals surface area contributed by atoms with Crippen molar-refractivity contribution in [3.63, 3.8) is 0 Å². The Hall–Kier alpha value is -1.65. The van der Waals surface area contributed by atoms with E-state index in [0.717, 1.165) is 22.3 Å². The molecule has 118 valence electrons. The molecule has 0 heterocycles. The highest BCUT2D eigenvalue weighted by molar-refractivity contribution is 7.89. The lowest BCUT2D eigenvalue weighted by Gasteiger charge is -2.16. The summed E-state index contributed by atoms with van der Waals surface area (Å²) in [5, 5.41) is 0. The van der Waals surface area contributed by atoms with Gasteiger partial charge < -0.3 is 0 Å². The molecule has 3 nitrogen and oxygen atoms in total. The van der Waals surface area contributed by atoms with Crippen molar-refractivity contribution in [2.75, 3.05) is 6.54 Å². The first kappa shape index (κ1) is 16.7. The van der Waals surface area contributed by atoms with Gasteiger partial charge in [-0.25, -0.2) is 13.1 Å². The van der Waals surface area contributed by atoms with Gasteiger partial charge in [-0.2, -0.15) is 0 Å². The molecule has 0 bridgehead atoms. The van der Waals surface area contributed by atoms with E-state index < -0.39 is 10.0 Å². The normalized spacial score (nSPS) is 13.1. The van der Waals surface area contributed by atoms with Crippen molar-refractivity contribution in [2.24, 2.45) is 0 Å². The number of sulfonamides is 1. The van der Waals surface area contributed by atoms with Crippen molar-refractivity contribution >= 4 is 10.0 Å². The van der Waals surface area contributed by atoms with Gasteiger partial charge in [0.05, 0.1) is 4.90 Å². The maximum absolute atomic E-state index is 12.6. The molecule has 0 spiro atoms. The molecule has 4 heteroatoms. The molecule has 0 saturated heterocycles. The lowest BCUT2D eigenvalue weighted by Crippen LogP contribution is -2.29. The van der Waals surface area contributed by atoms with Crippen LogP contribution in [0.25, 0.3) is 0 Å². The van der Waals surface area contributed by atoms with E-state index in [4.69, 9.17) is 0 Å². The van der Waals surface area contributed by atoms with Crippen LogP contribution in [-0.2, 0) is 10.0 Å². The van der Waals surface area contributed by atoms with Crippen molar-refractivity contribution < 1.29 is 8.42 Å². The fraction of sp³-hybridized carbons (Fsp3) is 0.333. The van der Waals surface area contributed by atoms with Gasteiger partial charge in [0.1, 0.15) is 0 Å². The molecule has 2 rings (SSSR count). The van der Waals surface area contributed by atoms with Crippen LogP contribution in [-0.4, -0.2) is 15.0 Å². The molecule has 0 radical (unpaired) electrons. The lowest BCUT2D eigenvalue weighted by atomic mass is 10.0. The Morgan fingerprint density at radius 3 is 2.09 bits per heavy atom. The van der Waals surface area contributed by atoms with E-state index in [0.29, 0.717) is 11.4 Å². The number of nitrogens with one attached hydrogen (secondary N) is 1. The summed E-state index contributed by atoms with van der Waals surface area (Å²) >= 11 is 0. The number of hydrogen-bond acceptors (Lipinski definition) is 2. The minimum atomic E-state index is -3.49. The standard InChI is InChI=1S/C18H23NO2S/c1-13-10-14(2)18(15(3)11-13)22(20,21)19-12-16(4)17-8-6-5-7-9-17/h5-11,16,19H,12H2,1-4H3/t16-/m1/s1. The molecule has 22 heavy (non-hydrogen) atoms. The molecule has 1 atom stereocenters. The molecule has 0 saturated carbocycles. The Morgan fingerprint density at radius 1 is 1.00 bits per heavy atom. The average Bonchev–Trinajstić information content (AvgIpc) is 2.44. The SMILES string of the molecule is Cc1cc(C)c(S(=O)(=O)NC[C@@H](C)c2ccccc2)c(C)c1. The molecule has 0 aromatic heterocycles. The third kappa shape index (κ3) is 3.76. The van der Waals surface area contributed by atoms with Gasteiger partial charge in [-0.05, 0) is 43.4 Å². The van der Waals surface area contributed by atoms with Crippen LogP contribution in [0.1, 0.15) is 35.1 Å². The zero-order valence-corrected chi connectivity index (χ0v) is 14.4. The van der Waals surface area contributed by atoms with Crippen LogP contribution in [0.4, 0.5) is 0 Å². The van der Waals surface area contributed by atoms with Gasteiger partial charge in [-0.15, -0.1) is 0 Å². The molecule has 1 N–H and O–H groups in total. The zero-order valence-electron chi connectivity index (χ0n) is 13.6. The third-order valence-electron chi connectivity index (χ3n) is 3.82. The van der Waals surface area contributed by atoms with E-state index in [-0.39, 0.29) is 5.92 Å². The Morgan fingerprint density at radius 2 is 1.55 bits per heavy atom. The maximum Gasteiger partial charge on any atom is 0.241 e. The van der Waals surface area contributed by atoms with Crippen molar-refractivity contribution in [2.45, 2.75) is 38.5 Å². The fourth-order valence-corrected chi connectivity index (χ4v) is 4.38. The van der Waals surface area contributed by atoms with E-state index in [1.807, 2.05) is 70.2 Å². The Balaban J connectivity index is 2.19. The highest BCUT2D eigenvalue weighted by Crippen LogP contribution is 2.22. The quantitative estimate of drug-likeness (QED) is 0.914. The third-order valence-corrected chi connectivity index (χ3v) is 5.55. The van der Waals surface area contributed by atoms with E-state index >= 15 is 0 Å². The molecule has 0 amide bonds. The molecule has 0 aliphatic heterocycles. The number of rotatable bonds is 5. The monoisotopic (exact) mass is 317 g/mol. The van der Waals surface area contributed by atoms with Crippen LogP contribution in [0, 0.1) is 20.8 Å². The predicted octanol–water partition coefficient (Wildman–Crippen LogP) is 3.69. The van der Waals surface area contributed by atoms with Crippen LogP contribution < -0.4 is 4.72 Å². The van der Waals surface area contributed by atoms with Crippen LogP contribution in [0.2, 0.25) is 0 Å². The van der Waals surface area contributed by atoms with Crippen LogP contribution in [0.3, 0.4) is 0 Å². The molecular weight excluding hydrogens is 294 g/mol. The summed E-state index contributed by atoms with van der Waals surface area (Å²) < 4.78 is 28.0. The summed E-state index contributed by atoms with van der Waals surface area (Å²) in [7, 11) is -3.49. The van der Waals surface area contributed by atoms with Gasteiger partial charge in [-0.3, -0.25) is 0 Å². The summed E-state index contributed by atoms with van der Waals surface area (Å²) in [4.78, 5) is 0.401. The smallest absolute Gasteiger partial charge is 0.211 e. The highest BCUT2D eigenvalue weighted by Gasteiger charge is 2.20. The first-order valence-electron chi connectivity index (χ1n) is 7.43. The molecule has 0 unspecified atom stereocenters. The second-order valence-electron chi connectivity index (χ2n) is 5.89. The van der Waals surface area contributed by atoms with Gasteiger partial charge in [0, 0.05) is 6.54 Å². The Labute approximate surface area is 133 Å². The first-order chi connectivity index (χ1) is 10.3. The Bertz CT molecular complexity index is 729. The summed E-state index contributed by atoms with van der Waals surface area (Å²) in [6.07, 6.45) is 0. The summed E-state index contributed by atoms with van der Waals surface area (Å²) in [6, 6.07) is 13.7. The molecule has 2 aromatic rings. The summed E-state index contributed by atoms with van der Waals surface area (Å²) in [5.41, 5.74) is 3.78. The van der Waals surface area contributed by atoms with Crippen LogP contribution in [0.15, 0.2) is 47.4 Å². The van der Waals surface area contributed by atoms with E-state index in [1.54, 1.807) is 0 Å². The molecule has 0 fully saturated rings. The molecule has 2 aromatic carbocycles. The molecule has 0 aliphatic carbocycles. The minimum absolute atomic E-state index is 0.127. The topological polar surface area (TPSA) is 46.2 Å². The second kappa shape index (κ2) is 6.63. The summed E-state index contributed by atoms with van der Waals surface area (Å²) in [5.74, 6) is 0.127. The summed E-state index contributed by atoms with van der Waals surface area (Å²) in [6.45, 7) is 8.07. The number of benzene rings is 2. The van der Waals surface area contributed by atoms with Gasteiger partial charge in [-0.1, -0.05) is 55.0 Å². The van der Waals surface area contributed by atoms with Gasteiger partial charge >= 0.3 is 0 Å². The average molecular weight is 317 g/mol. The highest BCUT2D eigenvalue weighted by atomic mass is 32.2. The maximum atomic E-state index is 12.6. The number of hydrogen-bond donors (Lipinski definition) is 1. The van der Waals surface area contributed by atoms with E-state index in [2.05, 4.69) is 4.72 Å². The molecule has 0 aliphatic rings. The van der Waals surface area contributed by atoms with Crippen LogP contribution >= 0.6 is 0 Å². The van der Waals surface area contributed by atoms with Crippen LogP contribution in [0.5, 0.6) is 0 Å². The fourth-order valence-electron chi connectivity index (χ4n) is 2.80. The van der Waals surface area contributed by atoms with Crippen molar-refractivity contribution in [3.8, 4) is 0 Å². The number of aryl methyl sites for hydroxylation is 3. The Kier molecular flexibility index (Phi) is 5.04. The first-order valence-corrected chi connectivity index (χ1v) is 8.92. The van der Waals surface area contributed by atoms with Gasteiger partial charge in [0.2, 0.25) is 10.0 Å². The van der Waals surface area contributed by atoms with E-state index in [1.165, 1.54) is 0 Å². The van der Waals surface area contributed by atoms with E-state index in [9.17, 15) is 8.42 Å². The van der Waals surface area contributed by atoms with Crippen molar-refractivity contribution in [1.82, 2.24) is 4.72 Å². The largest absolute Gasteiger partial charge is 0.241 e. The van der Waals surface area contributed by atoms with Gasteiger partial charge in [0.25, 0.3) is 0 Å². The van der Waals surface area contributed by atoms with Gasteiger partial charge in [0.15, 0.2) is 0 Å². The van der Waals surface area contributed by atoms with Crippen molar-refractivity contribution in [1.29, 1.82) is 0 Å². The molecular formula is C18H23NO2S.